The van der Waals surface area contributed by atoms with Gasteiger partial charge in [-0.05, 0) is 42.9 Å². The highest BCUT2D eigenvalue weighted by Crippen LogP contribution is 2.18. The van der Waals surface area contributed by atoms with Gasteiger partial charge in [0.15, 0.2) is 0 Å². The number of hydrogen-bond donors (Lipinski definition) is 1. The van der Waals surface area contributed by atoms with Crippen LogP contribution >= 0.6 is 11.6 Å². The molecule has 1 atom stereocenters. The zero-order valence-electron chi connectivity index (χ0n) is 10.9. The normalized spacial score (nSPS) is 12.3. The van der Waals surface area contributed by atoms with Crippen LogP contribution in [0.2, 0.25) is 5.02 Å². The number of halogens is 1. The predicted molar refractivity (Wildman–Crippen MR) is 80.5 cm³/mol. The molecule has 0 heterocycles. The van der Waals surface area contributed by atoms with Crippen molar-refractivity contribution in [2.45, 2.75) is 31.8 Å². The van der Waals surface area contributed by atoms with Crippen LogP contribution < -0.4 is 0 Å². The topological polar surface area (TPSA) is 20.2 Å². The molecule has 0 aliphatic rings. The van der Waals surface area contributed by atoms with E-state index in [0.717, 1.165) is 29.8 Å². The lowest BCUT2D eigenvalue weighted by Gasteiger charge is -2.11. The zero-order chi connectivity index (χ0) is 13.5. The van der Waals surface area contributed by atoms with Crippen LogP contribution in [-0.2, 0) is 12.8 Å². The smallest absolute Gasteiger partial charge is 0.0581 e. The highest BCUT2D eigenvalue weighted by molar-refractivity contribution is 6.31. The summed E-state index contributed by atoms with van der Waals surface area (Å²) in [6.45, 7) is 0. The molecule has 1 nitrogen and oxygen atoms in total. The van der Waals surface area contributed by atoms with E-state index in [2.05, 4.69) is 24.3 Å². The number of aryl methyl sites for hydroxylation is 1. The molecule has 1 N–H and O–H groups in total. The van der Waals surface area contributed by atoms with Crippen molar-refractivity contribution < 1.29 is 5.11 Å². The van der Waals surface area contributed by atoms with Gasteiger partial charge < -0.3 is 5.11 Å². The molecule has 19 heavy (non-hydrogen) atoms. The monoisotopic (exact) mass is 274 g/mol. The van der Waals surface area contributed by atoms with Crippen molar-refractivity contribution in [1.82, 2.24) is 0 Å². The van der Waals surface area contributed by atoms with Gasteiger partial charge in [-0.3, -0.25) is 0 Å². The molecule has 2 rings (SSSR count). The van der Waals surface area contributed by atoms with Crippen molar-refractivity contribution in [3.8, 4) is 0 Å². The van der Waals surface area contributed by atoms with E-state index >= 15 is 0 Å². The third kappa shape index (κ3) is 4.70. The van der Waals surface area contributed by atoms with E-state index < -0.39 is 0 Å². The molecule has 0 aromatic heterocycles. The van der Waals surface area contributed by atoms with Gasteiger partial charge in [0.1, 0.15) is 0 Å². The first kappa shape index (κ1) is 14.1. The van der Waals surface area contributed by atoms with Gasteiger partial charge in [-0.1, -0.05) is 60.1 Å². The lowest BCUT2D eigenvalue weighted by atomic mass is 10.0. The van der Waals surface area contributed by atoms with E-state index in [1.54, 1.807) is 0 Å². The van der Waals surface area contributed by atoms with Gasteiger partial charge >= 0.3 is 0 Å². The van der Waals surface area contributed by atoms with Crippen LogP contribution in [-0.4, -0.2) is 11.2 Å². The van der Waals surface area contributed by atoms with Crippen LogP contribution in [0.4, 0.5) is 0 Å². The van der Waals surface area contributed by atoms with Crippen molar-refractivity contribution in [3.63, 3.8) is 0 Å². The maximum Gasteiger partial charge on any atom is 0.0581 e. The SMILES string of the molecule is OC(CCCc1ccccc1)Cc1ccccc1Cl. The standard InChI is InChI=1S/C17H19ClO/c18-17-12-5-4-10-15(17)13-16(19)11-6-9-14-7-2-1-3-8-14/h1-5,7-8,10,12,16,19H,6,9,11,13H2. The van der Waals surface area contributed by atoms with E-state index in [1.807, 2.05) is 30.3 Å². The molecule has 0 radical (unpaired) electrons. The van der Waals surface area contributed by atoms with Crippen LogP contribution in [0.1, 0.15) is 24.0 Å². The minimum absolute atomic E-state index is 0.316. The minimum atomic E-state index is -0.316. The second-order valence-electron chi connectivity index (χ2n) is 4.83. The first-order chi connectivity index (χ1) is 9.25. The molecule has 2 heteroatoms. The Morgan fingerprint density at radius 1 is 0.947 bits per heavy atom. The molecular weight excluding hydrogens is 256 g/mol. The van der Waals surface area contributed by atoms with Gasteiger partial charge in [0.25, 0.3) is 0 Å². The van der Waals surface area contributed by atoms with Crippen LogP contribution in [0.5, 0.6) is 0 Å². The molecule has 2 aromatic rings. The Labute approximate surface area is 119 Å². The maximum atomic E-state index is 10.0. The summed E-state index contributed by atoms with van der Waals surface area (Å²) in [4.78, 5) is 0. The lowest BCUT2D eigenvalue weighted by molar-refractivity contribution is 0.162. The summed E-state index contributed by atoms with van der Waals surface area (Å²) in [5, 5.41) is 10.8. The van der Waals surface area contributed by atoms with E-state index in [1.165, 1.54) is 5.56 Å². The highest BCUT2D eigenvalue weighted by Gasteiger charge is 2.08. The lowest BCUT2D eigenvalue weighted by Crippen LogP contribution is -2.11. The highest BCUT2D eigenvalue weighted by atomic mass is 35.5. The van der Waals surface area contributed by atoms with Crippen LogP contribution in [0, 0.1) is 0 Å². The Morgan fingerprint density at radius 3 is 2.37 bits per heavy atom. The third-order valence-corrected chi connectivity index (χ3v) is 3.63. The fraction of sp³-hybridized carbons (Fsp3) is 0.294. The molecule has 0 saturated heterocycles. The molecular formula is C17H19ClO. The maximum absolute atomic E-state index is 10.0. The van der Waals surface area contributed by atoms with Crippen molar-refractivity contribution in [2.24, 2.45) is 0 Å². The first-order valence-electron chi connectivity index (χ1n) is 6.71. The summed E-state index contributed by atoms with van der Waals surface area (Å²) >= 11 is 6.09. The molecule has 0 spiro atoms. The van der Waals surface area contributed by atoms with Gasteiger partial charge in [0, 0.05) is 5.02 Å². The average Bonchev–Trinajstić information content (AvgIpc) is 2.43. The number of benzene rings is 2. The van der Waals surface area contributed by atoms with Crippen molar-refractivity contribution in [1.29, 1.82) is 0 Å². The second-order valence-corrected chi connectivity index (χ2v) is 5.23. The fourth-order valence-electron chi connectivity index (χ4n) is 2.21. The number of aliphatic hydroxyl groups is 1. The predicted octanol–water partition coefficient (Wildman–Crippen LogP) is 4.27. The summed E-state index contributed by atoms with van der Waals surface area (Å²) in [5.74, 6) is 0. The molecule has 0 aliphatic heterocycles. The largest absolute Gasteiger partial charge is 0.393 e. The average molecular weight is 275 g/mol. The minimum Gasteiger partial charge on any atom is -0.393 e. The summed E-state index contributed by atoms with van der Waals surface area (Å²) in [5.41, 5.74) is 2.35. The molecule has 1 unspecified atom stereocenters. The summed E-state index contributed by atoms with van der Waals surface area (Å²) in [6.07, 6.45) is 3.13. The number of aliphatic hydroxyl groups excluding tert-OH is 1. The quantitative estimate of drug-likeness (QED) is 0.834. The zero-order valence-corrected chi connectivity index (χ0v) is 11.7. The number of rotatable bonds is 6. The molecule has 0 aliphatic carbocycles. The summed E-state index contributed by atoms with van der Waals surface area (Å²) < 4.78 is 0. The Bertz CT molecular complexity index is 496. The van der Waals surface area contributed by atoms with Crippen LogP contribution in [0.3, 0.4) is 0 Å². The van der Waals surface area contributed by atoms with Crippen molar-refractivity contribution in [2.75, 3.05) is 0 Å². The van der Waals surface area contributed by atoms with E-state index in [-0.39, 0.29) is 6.10 Å². The molecule has 0 bridgehead atoms. The Balaban J connectivity index is 1.76. The van der Waals surface area contributed by atoms with E-state index in [0.29, 0.717) is 6.42 Å². The molecule has 2 aromatic carbocycles. The first-order valence-corrected chi connectivity index (χ1v) is 7.09. The Hall–Kier alpha value is -1.31. The molecule has 100 valence electrons. The Morgan fingerprint density at radius 2 is 1.63 bits per heavy atom. The van der Waals surface area contributed by atoms with Gasteiger partial charge in [0.2, 0.25) is 0 Å². The fourth-order valence-corrected chi connectivity index (χ4v) is 2.42. The van der Waals surface area contributed by atoms with Gasteiger partial charge in [-0.25, -0.2) is 0 Å². The van der Waals surface area contributed by atoms with Crippen LogP contribution in [0.25, 0.3) is 0 Å². The molecule has 0 saturated carbocycles. The van der Waals surface area contributed by atoms with Gasteiger partial charge in [-0.2, -0.15) is 0 Å². The van der Waals surface area contributed by atoms with E-state index in [4.69, 9.17) is 11.6 Å². The van der Waals surface area contributed by atoms with Crippen molar-refractivity contribution >= 4 is 11.6 Å². The second kappa shape index (κ2) is 7.32. The Kier molecular flexibility index (Phi) is 5.44. The molecule has 0 fully saturated rings. The number of hydrogen-bond acceptors (Lipinski definition) is 1. The van der Waals surface area contributed by atoms with Crippen LogP contribution in [0.15, 0.2) is 54.6 Å². The summed E-state index contributed by atoms with van der Waals surface area (Å²) in [6, 6.07) is 18.1. The molecule has 0 amide bonds. The third-order valence-electron chi connectivity index (χ3n) is 3.26. The van der Waals surface area contributed by atoms with Gasteiger partial charge in [-0.15, -0.1) is 0 Å². The van der Waals surface area contributed by atoms with E-state index in [9.17, 15) is 5.11 Å². The summed E-state index contributed by atoms with van der Waals surface area (Å²) in [7, 11) is 0. The van der Waals surface area contributed by atoms with Gasteiger partial charge in [0.05, 0.1) is 6.10 Å². The van der Waals surface area contributed by atoms with Crippen molar-refractivity contribution in [3.05, 3.63) is 70.7 Å².